The van der Waals surface area contributed by atoms with E-state index in [-0.39, 0.29) is 5.91 Å². The molecule has 4 aromatic heterocycles. The summed E-state index contributed by atoms with van der Waals surface area (Å²) in [6.07, 6.45) is 0. The predicted octanol–water partition coefficient (Wildman–Crippen LogP) is 4.48. The molecule has 0 radical (unpaired) electrons. The van der Waals surface area contributed by atoms with Gasteiger partial charge in [0.1, 0.15) is 11.8 Å². The fourth-order valence-corrected chi connectivity index (χ4v) is 5.91. The average Bonchev–Trinajstić information content (AvgIpc) is 3.63. The number of nitriles is 1. The molecule has 0 aromatic carbocycles. The molecule has 8 nitrogen and oxygen atoms in total. The SMILES string of the molecule is Cc1nc(C#N)c(N2CCN(C(=O)CSc3nc(-c4cccs4)c(-c4cccs4)[nH]3)CC2)o1. The molecule has 0 spiro atoms. The first kappa shape index (κ1) is 21.8. The van der Waals surface area contributed by atoms with Crippen molar-refractivity contribution in [3.05, 3.63) is 46.6 Å². The third-order valence-corrected chi connectivity index (χ3v) is 7.90. The number of aromatic nitrogens is 3. The lowest BCUT2D eigenvalue weighted by Gasteiger charge is -2.34. The standard InChI is InChI=1S/C22H20N6O2S3/c1-14-24-15(12-23)21(30-14)28-8-6-27(7-9-28)18(29)13-33-22-25-19(16-4-2-10-31-16)20(26-22)17-5-3-11-32-17/h2-5,10-11H,6-9,13H2,1H3,(H,25,26). The van der Waals surface area contributed by atoms with Gasteiger partial charge in [0.2, 0.25) is 17.5 Å². The Morgan fingerprint density at radius 1 is 1.18 bits per heavy atom. The van der Waals surface area contributed by atoms with Crippen molar-refractivity contribution in [2.75, 3.05) is 36.8 Å². The molecule has 5 heterocycles. The Morgan fingerprint density at radius 3 is 2.58 bits per heavy atom. The Morgan fingerprint density at radius 2 is 1.91 bits per heavy atom. The first-order chi connectivity index (χ1) is 16.1. The minimum absolute atomic E-state index is 0.0701. The third-order valence-electron chi connectivity index (χ3n) is 5.28. The van der Waals surface area contributed by atoms with Gasteiger partial charge in [-0.2, -0.15) is 5.26 Å². The van der Waals surface area contributed by atoms with Crippen LogP contribution < -0.4 is 4.90 Å². The third kappa shape index (κ3) is 4.55. The molecule has 0 unspecified atom stereocenters. The molecular formula is C22H20N6O2S3. The molecule has 1 amide bonds. The Labute approximate surface area is 202 Å². The molecule has 33 heavy (non-hydrogen) atoms. The first-order valence-electron chi connectivity index (χ1n) is 10.3. The van der Waals surface area contributed by atoms with Gasteiger partial charge in [-0.25, -0.2) is 9.97 Å². The van der Waals surface area contributed by atoms with Crippen LogP contribution in [0.25, 0.3) is 21.1 Å². The molecule has 5 rings (SSSR count). The lowest BCUT2D eigenvalue weighted by Crippen LogP contribution is -2.49. The monoisotopic (exact) mass is 496 g/mol. The number of H-pyrrole nitrogens is 1. The number of nitrogens with zero attached hydrogens (tertiary/aromatic N) is 5. The molecule has 1 aliphatic heterocycles. The van der Waals surface area contributed by atoms with Gasteiger partial charge in [-0.1, -0.05) is 23.9 Å². The van der Waals surface area contributed by atoms with Gasteiger partial charge in [-0.3, -0.25) is 4.79 Å². The van der Waals surface area contributed by atoms with Crippen LogP contribution >= 0.6 is 34.4 Å². The summed E-state index contributed by atoms with van der Waals surface area (Å²) in [5.41, 5.74) is 2.21. The number of thiophene rings is 2. The minimum atomic E-state index is 0.0701. The number of carbonyl (C=O) groups is 1. The maximum Gasteiger partial charge on any atom is 0.234 e. The average molecular weight is 497 g/mol. The number of rotatable bonds is 6. The zero-order valence-corrected chi connectivity index (χ0v) is 20.2. The summed E-state index contributed by atoms with van der Waals surface area (Å²) in [7, 11) is 0. The van der Waals surface area contributed by atoms with Gasteiger partial charge in [0.05, 0.1) is 21.2 Å². The molecular weight excluding hydrogens is 476 g/mol. The van der Waals surface area contributed by atoms with Crippen molar-refractivity contribution in [1.82, 2.24) is 19.9 Å². The molecule has 1 N–H and O–H groups in total. The summed E-state index contributed by atoms with van der Waals surface area (Å²) >= 11 is 4.74. The Kier molecular flexibility index (Phi) is 6.22. The summed E-state index contributed by atoms with van der Waals surface area (Å²) in [6.45, 7) is 4.08. The van der Waals surface area contributed by atoms with Crippen LogP contribution in [-0.2, 0) is 4.79 Å². The molecule has 1 saturated heterocycles. The summed E-state index contributed by atoms with van der Waals surface area (Å²) in [5.74, 6) is 1.35. The summed E-state index contributed by atoms with van der Waals surface area (Å²) in [6, 6.07) is 10.2. The number of nitrogens with one attached hydrogen (secondary N) is 1. The van der Waals surface area contributed by atoms with Crippen molar-refractivity contribution in [3.8, 4) is 27.2 Å². The fourth-order valence-electron chi connectivity index (χ4n) is 3.69. The molecule has 0 atom stereocenters. The van der Waals surface area contributed by atoms with E-state index in [2.05, 4.69) is 28.2 Å². The molecule has 1 fully saturated rings. The van der Waals surface area contributed by atoms with Crippen molar-refractivity contribution in [3.63, 3.8) is 0 Å². The number of aromatic amines is 1. The number of carbonyl (C=O) groups excluding carboxylic acids is 1. The van der Waals surface area contributed by atoms with E-state index in [1.165, 1.54) is 11.8 Å². The van der Waals surface area contributed by atoms with Crippen LogP contribution in [0.3, 0.4) is 0 Å². The van der Waals surface area contributed by atoms with Crippen LogP contribution in [-0.4, -0.2) is 57.7 Å². The van der Waals surface area contributed by atoms with Gasteiger partial charge in [0, 0.05) is 33.1 Å². The molecule has 168 valence electrons. The van der Waals surface area contributed by atoms with E-state index in [0.29, 0.717) is 49.4 Å². The lowest BCUT2D eigenvalue weighted by atomic mass is 10.2. The number of oxazole rings is 1. The van der Waals surface area contributed by atoms with Gasteiger partial charge in [0.25, 0.3) is 0 Å². The number of thioether (sulfide) groups is 1. The molecule has 0 aliphatic carbocycles. The summed E-state index contributed by atoms with van der Waals surface area (Å²) in [4.78, 5) is 31.2. The molecule has 1 aliphatic rings. The van der Waals surface area contributed by atoms with Crippen LogP contribution in [0.5, 0.6) is 0 Å². The van der Waals surface area contributed by atoms with Gasteiger partial charge < -0.3 is 19.2 Å². The predicted molar refractivity (Wildman–Crippen MR) is 131 cm³/mol. The second kappa shape index (κ2) is 9.43. The van der Waals surface area contributed by atoms with E-state index in [1.807, 2.05) is 32.7 Å². The van der Waals surface area contributed by atoms with E-state index in [4.69, 9.17) is 9.40 Å². The number of anilines is 1. The van der Waals surface area contributed by atoms with Crippen LogP contribution in [0.15, 0.2) is 44.6 Å². The van der Waals surface area contributed by atoms with Crippen molar-refractivity contribution in [2.45, 2.75) is 12.1 Å². The first-order valence-corrected chi connectivity index (χ1v) is 13.1. The Hall–Kier alpha value is -3.07. The van der Waals surface area contributed by atoms with Gasteiger partial charge in [-0.05, 0) is 22.9 Å². The van der Waals surface area contributed by atoms with Crippen molar-refractivity contribution in [1.29, 1.82) is 5.26 Å². The number of amides is 1. The lowest BCUT2D eigenvalue weighted by molar-refractivity contribution is -0.128. The van der Waals surface area contributed by atoms with Crippen LogP contribution in [0, 0.1) is 18.3 Å². The highest BCUT2D eigenvalue weighted by Gasteiger charge is 2.26. The number of hydrogen-bond acceptors (Lipinski definition) is 9. The second-order valence-electron chi connectivity index (χ2n) is 7.38. The van der Waals surface area contributed by atoms with E-state index < -0.39 is 0 Å². The smallest absolute Gasteiger partial charge is 0.234 e. The summed E-state index contributed by atoms with van der Waals surface area (Å²) < 4.78 is 5.59. The normalized spacial score (nSPS) is 13.9. The largest absolute Gasteiger partial charge is 0.424 e. The van der Waals surface area contributed by atoms with Crippen molar-refractivity contribution in [2.24, 2.45) is 0 Å². The van der Waals surface area contributed by atoms with E-state index in [1.54, 1.807) is 29.6 Å². The number of hydrogen-bond donors (Lipinski definition) is 1. The highest BCUT2D eigenvalue weighted by atomic mass is 32.2. The van der Waals surface area contributed by atoms with E-state index in [0.717, 1.165) is 26.3 Å². The molecule has 0 saturated carbocycles. The highest BCUT2D eigenvalue weighted by molar-refractivity contribution is 7.99. The van der Waals surface area contributed by atoms with Gasteiger partial charge in [0.15, 0.2) is 11.0 Å². The quantitative estimate of drug-likeness (QED) is 0.393. The van der Waals surface area contributed by atoms with E-state index >= 15 is 0 Å². The Balaban J connectivity index is 1.22. The number of imidazole rings is 1. The van der Waals surface area contributed by atoms with Crippen molar-refractivity contribution < 1.29 is 9.21 Å². The van der Waals surface area contributed by atoms with Crippen LogP contribution in [0.1, 0.15) is 11.6 Å². The zero-order valence-electron chi connectivity index (χ0n) is 17.8. The van der Waals surface area contributed by atoms with E-state index in [9.17, 15) is 10.1 Å². The second-order valence-corrected chi connectivity index (χ2v) is 10.2. The van der Waals surface area contributed by atoms with Crippen molar-refractivity contribution >= 4 is 46.2 Å². The summed E-state index contributed by atoms with van der Waals surface area (Å²) in [5, 5.41) is 14.1. The zero-order chi connectivity index (χ0) is 22.8. The Bertz CT molecular complexity index is 1230. The fraction of sp³-hybridized carbons (Fsp3) is 0.273. The maximum atomic E-state index is 12.9. The molecule has 11 heteroatoms. The highest BCUT2D eigenvalue weighted by Crippen LogP contribution is 2.36. The molecule has 4 aromatic rings. The maximum absolute atomic E-state index is 12.9. The molecule has 0 bridgehead atoms. The van der Waals surface area contributed by atoms with Crippen LogP contribution in [0.4, 0.5) is 5.88 Å². The topological polar surface area (TPSA) is 102 Å². The number of aryl methyl sites for hydroxylation is 1. The minimum Gasteiger partial charge on any atom is -0.424 e. The van der Waals surface area contributed by atoms with Crippen LogP contribution in [0.2, 0.25) is 0 Å². The van der Waals surface area contributed by atoms with Gasteiger partial charge >= 0.3 is 0 Å². The van der Waals surface area contributed by atoms with Gasteiger partial charge in [-0.15, -0.1) is 22.7 Å². The number of piperazine rings is 1.